The molecule has 3 rings (SSSR count). The van der Waals surface area contributed by atoms with Gasteiger partial charge in [-0.1, -0.05) is 23.7 Å². The Morgan fingerprint density at radius 2 is 2.30 bits per heavy atom. The summed E-state index contributed by atoms with van der Waals surface area (Å²) >= 11 is 7.63. The number of thiophene rings is 1. The second-order valence-electron chi connectivity index (χ2n) is 5.54. The van der Waals surface area contributed by atoms with E-state index in [-0.39, 0.29) is 12.1 Å². The maximum atomic E-state index is 12.7. The van der Waals surface area contributed by atoms with E-state index in [1.165, 1.54) is 0 Å². The minimum atomic E-state index is -0.129. The summed E-state index contributed by atoms with van der Waals surface area (Å²) in [5, 5.41) is 5.55. The predicted molar refractivity (Wildman–Crippen MR) is 94.2 cm³/mol. The molecule has 0 radical (unpaired) electrons. The third-order valence-corrected chi connectivity index (χ3v) is 4.83. The molecule has 6 heteroatoms. The SMILES string of the molecule is O=C(Nc1cccc(Cl)c1)N(Cc1cccs1)CC1CCCO1. The molecular weight excluding hydrogens is 332 g/mol. The van der Waals surface area contributed by atoms with Gasteiger partial charge >= 0.3 is 6.03 Å². The van der Waals surface area contributed by atoms with Gasteiger partial charge in [-0.15, -0.1) is 11.3 Å². The van der Waals surface area contributed by atoms with Crippen molar-refractivity contribution in [2.75, 3.05) is 18.5 Å². The van der Waals surface area contributed by atoms with Crippen molar-refractivity contribution in [1.29, 1.82) is 0 Å². The molecule has 0 spiro atoms. The largest absolute Gasteiger partial charge is 0.376 e. The van der Waals surface area contributed by atoms with Gasteiger partial charge in [0.2, 0.25) is 0 Å². The number of rotatable bonds is 5. The maximum absolute atomic E-state index is 12.7. The summed E-state index contributed by atoms with van der Waals surface area (Å²) in [6, 6.07) is 11.1. The molecule has 1 atom stereocenters. The number of carbonyl (C=O) groups is 1. The molecule has 2 amide bonds. The Hall–Kier alpha value is -1.56. The first-order valence-corrected chi connectivity index (χ1v) is 8.92. The average Bonchev–Trinajstić information content (AvgIpc) is 3.20. The first-order chi connectivity index (χ1) is 11.2. The molecule has 1 saturated heterocycles. The smallest absolute Gasteiger partial charge is 0.322 e. The van der Waals surface area contributed by atoms with Gasteiger partial charge in [-0.3, -0.25) is 0 Å². The highest BCUT2D eigenvalue weighted by Gasteiger charge is 2.23. The molecule has 2 aromatic rings. The molecule has 1 aliphatic heterocycles. The first-order valence-electron chi connectivity index (χ1n) is 7.66. The van der Waals surface area contributed by atoms with Gasteiger partial charge < -0.3 is 15.0 Å². The molecular formula is C17H19ClN2O2S. The van der Waals surface area contributed by atoms with Crippen LogP contribution in [0.1, 0.15) is 17.7 Å². The molecule has 1 fully saturated rings. The second-order valence-corrected chi connectivity index (χ2v) is 7.00. The normalized spacial score (nSPS) is 17.2. The molecule has 23 heavy (non-hydrogen) atoms. The van der Waals surface area contributed by atoms with Crippen LogP contribution in [0.25, 0.3) is 0 Å². The molecule has 0 saturated carbocycles. The van der Waals surface area contributed by atoms with Crippen LogP contribution in [-0.2, 0) is 11.3 Å². The highest BCUT2D eigenvalue weighted by atomic mass is 35.5. The number of carbonyl (C=O) groups excluding carboxylic acids is 1. The molecule has 1 aromatic carbocycles. The van der Waals surface area contributed by atoms with Crippen LogP contribution >= 0.6 is 22.9 Å². The van der Waals surface area contributed by atoms with Crippen LogP contribution in [0, 0.1) is 0 Å². The van der Waals surface area contributed by atoms with E-state index in [2.05, 4.69) is 5.32 Å². The zero-order valence-electron chi connectivity index (χ0n) is 12.7. The lowest BCUT2D eigenvalue weighted by Gasteiger charge is -2.25. The molecule has 122 valence electrons. The van der Waals surface area contributed by atoms with Crippen LogP contribution in [0.4, 0.5) is 10.5 Å². The molecule has 0 aliphatic carbocycles. The van der Waals surface area contributed by atoms with Gasteiger partial charge in [0, 0.05) is 28.7 Å². The van der Waals surface area contributed by atoms with Crippen LogP contribution in [0.2, 0.25) is 5.02 Å². The monoisotopic (exact) mass is 350 g/mol. The number of ether oxygens (including phenoxy) is 1. The first kappa shape index (κ1) is 16.3. The molecule has 1 unspecified atom stereocenters. The van der Waals surface area contributed by atoms with Crippen LogP contribution < -0.4 is 5.32 Å². The maximum Gasteiger partial charge on any atom is 0.322 e. The number of nitrogens with zero attached hydrogens (tertiary/aromatic N) is 1. The van der Waals surface area contributed by atoms with Gasteiger partial charge in [0.05, 0.1) is 12.6 Å². The zero-order chi connectivity index (χ0) is 16.1. The second kappa shape index (κ2) is 7.81. The summed E-state index contributed by atoms with van der Waals surface area (Å²) in [4.78, 5) is 15.6. The summed E-state index contributed by atoms with van der Waals surface area (Å²) in [5.74, 6) is 0. The highest BCUT2D eigenvalue weighted by Crippen LogP contribution is 2.19. The van der Waals surface area contributed by atoms with E-state index in [0.717, 1.165) is 24.3 Å². The summed E-state index contributed by atoms with van der Waals surface area (Å²) < 4.78 is 5.68. The lowest BCUT2D eigenvalue weighted by atomic mass is 10.2. The van der Waals surface area contributed by atoms with Crippen LogP contribution in [0.5, 0.6) is 0 Å². The standard InChI is InChI=1S/C17H19ClN2O2S/c18-13-4-1-5-14(10-13)19-17(21)20(11-15-6-2-8-22-15)12-16-7-3-9-23-16/h1,3-5,7,9-10,15H,2,6,8,11-12H2,(H,19,21). The lowest BCUT2D eigenvalue weighted by Crippen LogP contribution is -2.39. The summed E-state index contributed by atoms with van der Waals surface area (Å²) in [6.45, 7) is 1.97. The average molecular weight is 351 g/mol. The Morgan fingerprint density at radius 3 is 3.00 bits per heavy atom. The number of halogens is 1. The van der Waals surface area contributed by atoms with Crippen molar-refractivity contribution in [2.24, 2.45) is 0 Å². The van der Waals surface area contributed by atoms with E-state index < -0.39 is 0 Å². The Labute approximate surface area is 145 Å². The Kier molecular flexibility index (Phi) is 5.54. The Balaban J connectivity index is 1.68. The van der Waals surface area contributed by atoms with Gasteiger partial charge in [-0.2, -0.15) is 0 Å². The fourth-order valence-corrected chi connectivity index (χ4v) is 3.52. The van der Waals surface area contributed by atoms with Crippen molar-refractivity contribution in [3.8, 4) is 0 Å². The number of hydrogen-bond donors (Lipinski definition) is 1. The molecule has 4 nitrogen and oxygen atoms in total. The topological polar surface area (TPSA) is 41.6 Å². The van der Waals surface area contributed by atoms with Gasteiger partial charge in [-0.05, 0) is 42.5 Å². The molecule has 1 aliphatic rings. The van der Waals surface area contributed by atoms with Crippen LogP contribution in [0.15, 0.2) is 41.8 Å². The molecule has 2 heterocycles. The van der Waals surface area contributed by atoms with E-state index in [1.54, 1.807) is 23.5 Å². The minimum Gasteiger partial charge on any atom is -0.376 e. The van der Waals surface area contributed by atoms with Crippen molar-refractivity contribution in [3.05, 3.63) is 51.7 Å². The van der Waals surface area contributed by atoms with Crippen molar-refractivity contribution in [1.82, 2.24) is 4.90 Å². The van der Waals surface area contributed by atoms with E-state index >= 15 is 0 Å². The fourth-order valence-electron chi connectivity index (χ4n) is 2.61. The van der Waals surface area contributed by atoms with Crippen molar-refractivity contribution >= 4 is 34.7 Å². The van der Waals surface area contributed by atoms with E-state index in [4.69, 9.17) is 16.3 Å². The van der Waals surface area contributed by atoms with Crippen molar-refractivity contribution in [3.63, 3.8) is 0 Å². The number of urea groups is 1. The summed E-state index contributed by atoms with van der Waals surface area (Å²) in [6.07, 6.45) is 2.19. The van der Waals surface area contributed by atoms with Gasteiger partial charge in [0.15, 0.2) is 0 Å². The van der Waals surface area contributed by atoms with Gasteiger partial charge in [-0.25, -0.2) is 4.79 Å². The van der Waals surface area contributed by atoms with E-state index in [9.17, 15) is 4.79 Å². The molecule has 0 bridgehead atoms. The third kappa shape index (κ3) is 4.70. The lowest BCUT2D eigenvalue weighted by molar-refractivity contribution is 0.0821. The van der Waals surface area contributed by atoms with Gasteiger partial charge in [0.25, 0.3) is 0 Å². The van der Waals surface area contributed by atoms with Crippen LogP contribution in [0.3, 0.4) is 0 Å². The zero-order valence-corrected chi connectivity index (χ0v) is 14.3. The number of anilines is 1. The minimum absolute atomic E-state index is 0.125. The van der Waals surface area contributed by atoms with Crippen molar-refractivity contribution in [2.45, 2.75) is 25.5 Å². The fraction of sp³-hybridized carbons (Fsp3) is 0.353. The number of amides is 2. The number of benzene rings is 1. The van der Waals surface area contributed by atoms with Crippen molar-refractivity contribution < 1.29 is 9.53 Å². The molecule has 1 aromatic heterocycles. The number of nitrogens with one attached hydrogen (secondary N) is 1. The summed E-state index contributed by atoms with van der Waals surface area (Å²) in [5.41, 5.74) is 0.700. The third-order valence-electron chi connectivity index (χ3n) is 3.74. The molecule has 1 N–H and O–H groups in total. The van der Waals surface area contributed by atoms with Gasteiger partial charge in [0.1, 0.15) is 0 Å². The Bertz CT molecular complexity index is 642. The van der Waals surface area contributed by atoms with Crippen LogP contribution in [-0.4, -0.2) is 30.2 Å². The highest BCUT2D eigenvalue weighted by molar-refractivity contribution is 7.09. The summed E-state index contributed by atoms with van der Waals surface area (Å²) in [7, 11) is 0. The quantitative estimate of drug-likeness (QED) is 0.855. The van der Waals surface area contributed by atoms with E-state index in [0.29, 0.717) is 23.8 Å². The van der Waals surface area contributed by atoms with E-state index in [1.807, 2.05) is 34.5 Å². The Morgan fingerprint density at radius 1 is 1.39 bits per heavy atom. The predicted octanol–water partition coefficient (Wildman–Crippen LogP) is 4.61. The number of hydrogen-bond acceptors (Lipinski definition) is 3.